The molecular weight excluding hydrogens is 456 g/mol. The molecule has 1 unspecified atom stereocenters. The highest BCUT2D eigenvalue weighted by Gasteiger charge is 2.21. The van der Waals surface area contributed by atoms with E-state index in [0.29, 0.717) is 36.6 Å². The second-order valence-corrected chi connectivity index (χ2v) is 7.84. The molecule has 0 saturated carbocycles. The maximum Gasteiger partial charge on any atom is 0.408 e. The van der Waals surface area contributed by atoms with Gasteiger partial charge < -0.3 is 31.1 Å². The molecule has 0 aliphatic heterocycles. The molecule has 0 aliphatic rings. The van der Waals surface area contributed by atoms with Gasteiger partial charge in [0.25, 0.3) is 0 Å². The van der Waals surface area contributed by atoms with Gasteiger partial charge in [-0.3, -0.25) is 9.59 Å². The number of benzene rings is 2. The molecule has 0 fully saturated rings. The van der Waals surface area contributed by atoms with Gasteiger partial charge in [-0.1, -0.05) is 48.5 Å². The summed E-state index contributed by atoms with van der Waals surface area (Å²) in [6.45, 7) is 0.901. The van der Waals surface area contributed by atoms with Crippen LogP contribution in [0.2, 0.25) is 0 Å². The van der Waals surface area contributed by atoms with Crippen molar-refractivity contribution in [1.29, 1.82) is 0 Å². The largest absolute Gasteiger partial charge is 0.481 e. The molecule has 5 N–H and O–H groups in total. The van der Waals surface area contributed by atoms with Crippen LogP contribution in [0.5, 0.6) is 0 Å². The Kier molecular flexibility index (Phi) is 11.9. The number of carbonyl (C=O) groups is 3. The van der Waals surface area contributed by atoms with E-state index in [1.807, 2.05) is 48.5 Å². The number of amides is 2. The van der Waals surface area contributed by atoms with Gasteiger partial charge in [0.05, 0.1) is 6.42 Å². The number of carboxylic acid groups (broad SMARTS) is 1. The molecule has 0 radical (unpaired) electrons. The van der Waals surface area contributed by atoms with Crippen molar-refractivity contribution in [3.63, 3.8) is 0 Å². The van der Waals surface area contributed by atoms with Crippen molar-refractivity contribution in [2.45, 2.75) is 38.3 Å². The van der Waals surface area contributed by atoms with Crippen LogP contribution in [0.3, 0.4) is 0 Å². The normalized spacial score (nSPS) is 11.1. The predicted octanol–water partition coefficient (Wildman–Crippen LogP) is 3.03. The predicted molar refractivity (Wildman–Crippen MR) is 133 cm³/mol. The first-order valence-corrected chi connectivity index (χ1v) is 11.4. The van der Waals surface area contributed by atoms with E-state index >= 15 is 0 Å². The van der Waals surface area contributed by atoms with Crippen LogP contribution in [0.1, 0.15) is 31.2 Å². The lowest BCUT2D eigenvalue weighted by Crippen LogP contribution is -2.44. The van der Waals surface area contributed by atoms with Gasteiger partial charge in [0.15, 0.2) is 5.11 Å². The maximum atomic E-state index is 12.8. The summed E-state index contributed by atoms with van der Waals surface area (Å²) < 4.78 is 5.26. The summed E-state index contributed by atoms with van der Waals surface area (Å²) in [4.78, 5) is 35.6. The first-order chi connectivity index (χ1) is 16.4. The number of hydrogen-bond acceptors (Lipinski definition) is 5. The molecule has 0 aromatic heterocycles. The fourth-order valence-electron chi connectivity index (χ4n) is 2.95. The average molecular weight is 487 g/mol. The summed E-state index contributed by atoms with van der Waals surface area (Å²) in [5, 5.41) is 20.3. The second-order valence-electron chi connectivity index (χ2n) is 7.44. The number of alkyl carbamates (subject to hydrolysis) is 1. The first-order valence-electron chi connectivity index (χ1n) is 11.0. The van der Waals surface area contributed by atoms with Gasteiger partial charge >= 0.3 is 12.1 Å². The van der Waals surface area contributed by atoms with E-state index in [4.69, 9.17) is 22.1 Å². The van der Waals surface area contributed by atoms with Crippen LogP contribution in [0.15, 0.2) is 60.7 Å². The van der Waals surface area contributed by atoms with E-state index in [0.717, 1.165) is 5.56 Å². The highest BCUT2D eigenvalue weighted by atomic mass is 32.1. The second kappa shape index (κ2) is 15.2. The van der Waals surface area contributed by atoms with Crippen molar-refractivity contribution in [1.82, 2.24) is 16.0 Å². The number of aliphatic carboxylic acids is 1. The Morgan fingerprint density at radius 3 is 2.24 bits per heavy atom. The number of anilines is 1. The Morgan fingerprint density at radius 1 is 0.912 bits per heavy atom. The fraction of sp³-hybridized carbons (Fsp3) is 0.333. The van der Waals surface area contributed by atoms with E-state index in [9.17, 15) is 14.4 Å². The molecule has 9 nitrogen and oxygen atoms in total. The highest BCUT2D eigenvalue weighted by Crippen LogP contribution is 2.09. The first kappa shape index (κ1) is 26.6. The third-order valence-electron chi connectivity index (χ3n) is 4.69. The van der Waals surface area contributed by atoms with E-state index in [1.54, 1.807) is 12.1 Å². The number of carbonyl (C=O) groups excluding carboxylic acids is 2. The molecule has 0 saturated heterocycles. The lowest BCUT2D eigenvalue weighted by atomic mass is 10.1. The van der Waals surface area contributed by atoms with Crippen molar-refractivity contribution in [3.05, 3.63) is 66.2 Å². The minimum atomic E-state index is -0.898. The summed E-state index contributed by atoms with van der Waals surface area (Å²) in [5.74, 6) is -1.23. The summed E-state index contributed by atoms with van der Waals surface area (Å²) >= 11 is 5.10. The molecule has 34 heavy (non-hydrogen) atoms. The lowest BCUT2D eigenvalue weighted by Gasteiger charge is -2.19. The number of rotatable bonds is 13. The Labute approximate surface area is 204 Å². The molecule has 2 aromatic rings. The smallest absolute Gasteiger partial charge is 0.408 e. The molecule has 0 spiro atoms. The number of para-hydroxylation sites is 1. The number of carboxylic acids is 1. The SMILES string of the molecule is O=C(O)CCNC(=S)NCCCCC(NC(=O)OCc1ccccc1)C(=O)Nc1ccccc1. The zero-order valence-corrected chi connectivity index (χ0v) is 19.6. The monoisotopic (exact) mass is 486 g/mol. The molecule has 0 aliphatic carbocycles. The molecule has 1 atom stereocenters. The van der Waals surface area contributed by atoms with Gasteiger partial charge in [0.2, 0.25) is 5.91 Å². The number of nitrogens with one attached hydrogen (secondary N) is 4. The Hall–Kier alpha value is -3.66. The van der Waals surface area contributed by atoms with Crippen LogP contribution in [0.25, 0.3) is 0 Å². The van der Waals surface area contributed by atoms with Crippen LogP contribution in [0, 0.1) is 0 Å². The average Bonchev–Trinajstić information content (AvgIpc) is 2.83. The van der Waals surface area contributed by atoms with Gasteiger partial charge in [-0.15, -0.1) is 0 Å². The van der Waals surface area contributed by atoms with Crippen molar-refractivity contribution in [3.8, 4) is 0 Å². The van der Waals surface area contributed by atoms with Crippen molar-refractivity contribution < 1.29 is 24.2 Å². The molecule has 0 bridgehead atoms. The van der Waals surface area contributed by atoms with Crippen LogP contribution in [-0.4, -0.2) is 47.3 Å². The molecule has 2 amide bonds. The zero-order valence-electron chi connectivity index (χ0n) is 18.8. The van der Waals surface area contributed by atoms with Crippen molar-refractivity contribution in [2.75, 3.05) is 18.4 Å². The molecule has 10 heteroatoms. The van der Waals surface area contributed by atoms with E-state index in [-0.39, 0.29) is 25.5 Å². The summed E-state index contributed by atoms with van der Waals surface area (Å²) in [7, 11) is 0. The number of thiocarbonyl (C=S) groups is 1. The number of hydrogen-bond donors (Lipinski definition) is 5. The Balaban J connectivity index is 1.80. The van der Waals surface area contributed by atoms with Crippen LogP contribution in [-0.2, 0) is 20.9 Å². The Morgan fingerprint density at radius 2 is 1.56 bits per heavy atom. The summed E-state index contributed by atoms with van der Waals surface area (Å²) in [5.41, 5.74) is 1.48. The number of ether oxygens (including phenoxy) is 1. The minimum absolute atomic E-state index is 0.0218. The molecular formula is C24H30N4O5S. The lowest BCUT2D eigenvalue weighted by molar-refractivity contribution is -0.136. The third-order valence-corrected chi connectivity index (χ3v) is 4.98. The third kappa shape index (κ3) is 11.3. The number of unbranched alkanes of at least 4 members (excludes halogenated alkanes) is 1. The van der Waals surface area contributed by atoms with Crippen molar-refractivity contribution >= 4 is 41.0 Å². The van der Waals surface area contributed by atoms with E-state index in [2.05, 4.69) is 21.3 Å². The van der Waals surface area contributed by atoms with E-state index in [1.165, 1.54) is 0 Å². The molecule has 2 rings (SSSR count). The molecule has 2 aromatic carbocycles. The van der Waals surface area contributed by atoms with Gasteiger partial charge in [-0.25, -0.2) is 4.79 Å². The highest BCUT2D eigenvalue weighted by molar-refractivity contribution is 7.80. The standard InChI is InChI=1S/C24H30N4O5S/c29-21(30)14-16-26-23(34)25-15-8-7-13-20(22(31)27-19-11-5-2-6-12-19)28-24(32)33-17-18-9-3-1-4-10-18/h1-6,9-12,20H,7-8,13-17H2,(H,27,31)(H,28,32)(H,29,30)(H2,25,26,34). The van der Waals surface area contributed by atoms with Gasteiger partial charge in [0, 0.05) is 18.8 Å². The van der Waals surface area contributed by atoms with Crippen LogP contribution < -0.4 is 21.3 Å². The van der Waals surface area contributed by atoms with Crippen LogP contribution >= 0.6 is 12.2 Å². The summed E-state index contributed by atoms with van der Waals surface area (Å²) in [6, 6.07) is 17.5. The fourth-order valence-corrected chi connectivity index (χ4v) is 3.15. The van der Waals surface area contributed by atoms with Gasteiger partial charge in [-0.05, 0) is 49.2 Å². The molecule has 182 valence electrons. The van der Waals surface area contributed by atoms with Gasteiger partial charge in [-0.2, -0.15) is 0 Å². The van der Waals surface area contributed by atoms with Crippen molar-refractivity contribution in [2.24, 2.45) is 0 Å². The van der Waals surface area contributed by atoms with Crippen LogP contribution in [0.4, 0.5) is 10.5 Å². The quantitative estimate of drug-likeness (QED) is 0.216. The topological polar surface area (TPSA) is 129 Å². The maximum absolute atomic E-state index is 12.8. The van der Waals surface area contributed by atoms with Gasteiger partial charge in [0.1, 0.15) is 12.6 Å². The van der Waals surface area contributed by atoms with E-state index < -0.39 is 18.1 Å². The summed E-state index contributed by atoms with van der Waals surface area (Å²) in [6.07, 6.45) is 1.04. The minimum Gasteiger partial charge on any atom is -0.481 e. The molecule has 0 heterocycles. The Bertz CT molecular complexity index is 927. The zero-order chi connectivity index (χ0) is 24.6.